The highest BCUT2D eigenvalue weighted by Gasteiger charge is 2.07. The van der Waals surface area contributed by atoms with E-state index in [1.165, 1.54) is 6.21 Å². The van der Waals surface area contributed by atoms with Crippen LogP contribution in [0.2, 0.25) is 0 Å². The number of ether oxygens (including phenoxy) is 4. The predicted molar refractivity (Wildman–Crippen MR) is 103 cm³/mol. The van der Waals surface area contributed by atoms with Gasteiger partial charge in [0, 0.05) is 0 Å². The number of amides is 1. The Morgan fingerprint density at radius 1 is 0.963 bits per heavy atom. The topological polar surface area (TPSA) is 78.4 Å². The van der Waals surface area contributed by atoms with Crippen LogP contribution in [0.25, 0.3) is 0 Å². The second-order valence-corrected chi connectivity index (χ2v) is 5.30. The number of carbonyl (C=O) groups excluding carboxylic acids is 1. The smallest absolute Gasteiger partial charge is 0.277 e. The van der Waals surface area contributed by atoms with E-state index in [-0.39, 0.29) is 12.5 Å². The molecule has 0 fully saturated rings. The maximum absolute atomic E-state index is 11.9. The summed E-state index contributed by atoms with van der Waals surface area (Å²) in [5.41, 5.74) is 3.18. The molecule has 0 saturated carbocycles. The van der Waals surface area contributed by atoms with Crippen molar-refractivity contribution in [3.05, 3.63) is 48.0 Å². The number of methoxy groups -OCH3 is 1. The Morgan fingerprint density at radius 3 is 2.22 bits per heavy atom. The summed E-state index contributed by atoms with van der Waals surface area (Å²) in [5, 5.41) is 3.93. The van der Waals surface area contributed by atoms with Crippen molar-refractivity contribution >= 4 is 12.1 Å². The number of benzene rings is 2. The summed E-state index contributed by atoms with van der Waals surface area (Å²) in [4.78, 5) is 11.9. The Bertz CT molecular complexity index is 777. The fourth-order valence-corrected chi connectivity index (χ4v) is 2.24. The minimum absolute atomic E-state index is 0.173. The van der Waals surface area contributed by atoms with E-state index in [4.69, 9.17) is 18.9 Å². The molecule has 2 aromatic carbocycles. The lowest BCUT2D eigenvalue weighted by Crippen LogP contribution is -2.24. The molecule has 7 nitrogen and oxygen atoms in total. The third-order valence-electron chi connectivity index (χ3n) is 3.40. The summed E-state index contributed by atoms with van der Waals surface area (Å²) in [6, 6.07) is 12.6. The number of hydrogen-bond donors (Lipinski definition) is 1. The van der Waals surface area contributed by atoms with Gasteiger partial charge in [0.05, 0.1) is 26.5 Å². The molecule has 0 atom stereocenters. The third-order valence-corrected chi connectivity index (χ3v) is 3.40. The molecule has 0 aliphatic heterocycles. The fourth-order valence-electron chi connectivity index (χ4n) is 2.24. The molecule has 144 valence electrons. The van der Waals surface area contributed by atoms with Gasteiger partial charge >= 0.3 is 0 Å². The van der Waals surface area contributed by atoms with Crippen molar-refractivity contribution in [3.63, 3.8) is 0 Å². The molecule has 1 N–H and O–H groups in total. The average Bonchev–Trinajstić information content (AvgIpc) is 2.68. The molecule has 0 spiro atoms. The zero-order chi connectivity index (χ0) is 19.5. The summed E-state index contributed by atoms with van der Waals surface area (Å²) < 4.78 is 21.7. The molecule has 2 aromatic rings. The number of nitrogens with one attached hydrogen (secondary N) is 1. The van der Waals surface area contributed by atoms with Gasteiger partial charge in [0.25, 0.3) is 5.91 Å². The molecular formula is C20H24N2O5. The summed E-state index contributed by atoms with van der Waals surface area (Å²) in [7, 11) is 1.57. The van der Waals surface area contributed by atoms with E-state index in [1.807, 2.05) is 32.0 Å². The molecular weight excluding hydrogens is 348 g/mol. The van der Waals surface area contributed by atoms with Gasteiger partial charge in [-0.25, -0.2) is 5.43 Å². The molecule has 27 heavy (non-hydrogen) atoms. The van der Waals surface area contributed by atoms with E-state index in [1.54, 1.807) is 31.4 Å². The Labute approximate surface area is 158 Å². The van der Waals surface area contributed by atoms with Crippen LogP contribution >= 0.6 is 0 Å². The second-order valence-electron chi connectivity index (χ2n) is 5.30. The van der Waals surface area contributed by atoms with Crippen molar-refractivity contribution < 1.29 is 23.7 Å². The number of rotatable bonds is 10. The summed E-state index contributed by atoms with van der Waals surface area (Å²) in [6.45, 7) is 4.68. The third kappa shape index (κ3) is 6.22. The molecule has 0 aromatic heterocycles. The Kier molecular flexibility index (Phi) is 7.96. The van der Waals surface area contributed by atoms with Crippen LogP contribution in [0.5, 0.6) is 23.0 Å². The Balaban J connectivity index is 1.88. The molecule has 0 bridgehead atoms. The molecule has 1 amide bonds. The first-order valence-corrected chi connectivity index (χ1v) is 8.65. The number of hydrazone groups is 1. The highest BCUT2D eigenvalue weighted by molar-refractivity contribution is 5.83. The molecule has 0 aliphatic rings. The lowest BCUT2D eigenvalue weighted by molar-refractivity contribution is -0.123. The first-order valence-electron chi connectivity index (χ1n) is 8.65. The van der Waals surface area contributed by atoms with Crippen LogP contribution in [-0.2, 0) is 4.79 Å². The maximum atomic E-state index is 11.9. The molecule has 0 saturated heterocycles. The number of para-hydroxylation sites is 2. The summed E-state index contributed by atoms with van der Waals surface area (Å²) in [6.07, 6.45) is 1.52. The second kappa shape index (κ2) is 10.7. The van der Waals surface area contributed by atoms with E-state index in [0.717, 1.165) is 5.56 Å². The fraction of sp³-hybridized carbons (Fsp3) is 0.300. The molecule has 0 aliphatic carbocycles. The first kappa shape index (κ1) is 20.1. The largest absolute Gasteiger partial charge is 0.493 e. The van der Waals surface area contributed by atoms with Gasteiger partial charge in [-0.1, -0.05) is 12.1 Å². The highest BCUT2D eigenvalue weighted by atomic mass is 16.5. The summed E-state index contributed by atoms with van der Waals surface area (Å²) >= 11 is 0. The van der Waals surface area contributed by atoms with Crippen molar-refractivity contribution in [1.82, 2.24) is 5.43 Å². The average molecular weight is 372 g/mol. The van der Waals surface area contributed by atoms with Crippen molar-refractivity contribution in [2.24, 2.45) is 5.10 Å². The van der Waals surface area contributed by atoms with Crippen molar-refractivity contribution in [2.75, 3.05) is 26.9 Å². The van der Waals surface area contributed by atoms with Crippen LogP contribution < -0.4 is 24.4 Å². The predicted octanol–water partition coefficient (Wildman–Crippen LogP) is 3.02. The zero-order valence-electron chi connectivity index (χ0n) is 15.7. The minimum atomic E-state index is -0.379. The van der Waals surface area contributed by atoms with E-state index >= 15 is 0 Å². The first-order chi connectivity index (χ1) is 13.2. The van der Waals surface area contributed by atoms with E-state index in [2.05, 4.69) is 10.5 Å². The number of carbonyl (C=O) groups is 1. The van der Waals surface area contributed by atoms with Crippen molar-refractivity contribution in [2.45, 2.75) is 13.8 Å². The number of nitrogens with zero attached hydrogens (tertiary/aromatic N) is 1. The monoisotopic (exact) mass is 372 g/mol. The zero-order valence-corrected chi connectivity index (χ0v) is 15.7. The SMILES string of the molecule is CCOc1ccc(/C=N/NC(=O)COc2ccccc2OCC)cc1OC. The molecule has 0 heterocycles. The number of hydrogen-bond acceptors (Lipinski definition) is 6. The lowest BCUT2D eigenvalue weighted by Gasteiger charge is -2.10. The summed E-state index contributed by atoms with van der Waals surface area (Å²) in [5.74, 6) is 1.98. The van der Waals surface area contributed by atoms with Crippen LogP contribution in [0.4, 0.5) is 0 Å². The van der Waals surface area contributed by atoms with E-state index in [9.17, 15) is 4.79 Å². The van der Waals surface area contributed by atoms with Gasteiger partial charge in [-0.05, 0) is 49.7 Å². The molecule has 7 heteroatoms. The van der Waals surface area contributed by atoms with Gasteiger partial charge < -0.3 is 18.9 Å². The van der Waals surface area contributed by atoms with Gasteiger partial charge in [-0.15, -0.1) is 0 Å². The minimum Gasteiger partial charge on any atom is -0.493 e. The standard InChI is InChI=1S/C20H24N2O5/c1-4-25-16-8-6-7-9-17(16)27-14-20(23)22-21-13-15-10-11-18(26-5-2)19(12-15)24-3/h6-13H,4-5,14H2,1-3H3,(H,22,23)/b21-13+. The maximum Gasteiger partial charge on any atom is 0.277 e. The lowest BCUT2D eigenvalue weighted by atomic mass is 10.2. The van der Waals surface area contributed by atoms with Crippen molar-refractivity contribution in [1.29, 1.82) is 0 Å². The van der Waals surface area contributed by atoms with Gasteiger partial charge in [0.15, 0.2) is 29.6 Å². The van der Waals surface area contributed by atoms with Crippen molar-refractivity contribution in [3.8, 4) is 23.0 Å². The van der Waals surface area contributed by atoms with Crippen LogP contribution in [0, 0.1) is 0 Å². The quantitative estimate of drug-likeness (QED) is 0.512. The Hall–Kier alpha value is -3.22. The normalized spacial score (nSPS) is 10.5. The van der Waals surface area contributed by atoms with Crippen LogP contribution in [0.3, 0.4) is 0 Å². The van der Waals surface area contributed by atoms with Gasteiger partial charge in [-0.2, -0.15) is 5.10 Å². The van der Waals surface area contributed by atoms with Crippen LogP contribution in [-0.4, -0.2) is 39.1 Å². The van der Waals surface area contributed by atoms with Gasteiger partial charge in [0.1, 0.15) is 0 Å². The van der Waals surface area contributed by atoms with Crippen LogP contribution in [0.1, 0.15) is 19.4 Å². The van der Waals surface area contributed by atoms with Gasteiger partial charge in [-0.3, -0.25) is 4.79 Å². The van der Waals surface area contributed by atoms with E-state index in [0.29, 0.717) is 36.2 Å². The van der Waals surface area contributed by atoms with Gasteiger partial charge in [0.2, 0.25) is 0 Å². The molecule has 2 rings (SSSR count). The highest BCUT2D eigenvalue weighted by Crippen LogP contribution is 2.27. The molecule has 0 radical (unpaired) electrons. The van der Waals surface area contributed by atoms with E-state index < -0.39 is 0 Å². The Morgan fingerprint density at radius 2 is 1.59 bits per heavy atom. The molecule has 0 unspecified atom stereocenters. The van der Waals surface area contributed by atoms with Crippen LogP contribution in [0.15, 0.2) is 47.6 Å².